The first-order chi connectivity index (χ1) is 8.07. The van der Waals surface area contributed by atoms with Gasteiger partial charge in [-0.2, -0.15) is 0 Å². The quantitative estimate of drug-likeness (QED) is 0.813. The smallest absolute Gasteiger partial charge is 0.119 e. The standard InChI is InChI=1S/C15H23NO/c1-12(2)17-14-6-4-13(5-7-14)10-16-11-15(3)8-9-15/h4-7,12,16H,8-11H2,1-3H3. The highest BCUT2D eigenvalue weighted by atomic mass is 16.5. The predicted octanol–water partition coefficient (Wildman–Crippen LogP) is 3.36. The van der Waals surface area contributed by atoms with Gasteiger partial charge in [-0.05, 0) is 49.8 Å². The van der Waals surface area contributed by atoms with E-state index in [2.05, 4.69) is 36.5 Å². The van der Waals surface area contributed by atoms with E-state index in [9.17, 15) is 0 Å². The van der Waals surface area contributed by atoms with Crippen LogP contribution in [0.1, 0.15) is 39.2 Å². The van der Waals surface area contributed by atoms with Gasteiger partial charge >= 0.3 is 0 Å². The van der Waals surface area contributed by atoms with Crippen LogP contribution >= 0.6 is 0 Å². The van der Waals surface area contributed by atoms with Gasteiger partial charge in [0.25, 0.3) is 0 Å². The van der Waals surface area contributed by atoms with Crippen molar-refractivity contribution in [3.63, 3.8) is 0 Å². The minimum atomic E-state index is 0.244. The molecule has 0 aromatic heterocycles. The molecule has 0 atom stereocenters. The lowest BCUT2D eigenvalue weighted by atomic mass is 10.1. The summed E-state index contributed by atoms with van der Waals surface area (Å²) in [6.07, 6.45) is 3.00. The van der Waals surface area contributed by atoms with E-state index in [0.29, 0.717) is 5.41 Å². The Morgan fingerprint density at radius 1 is 1.24 bits per heavy atom. The Kier molecular flexibility index (Phi) is 3.72. The molecule has 1 aromatic carbocycles. The summed E-state index contributed by atoms with van der Waals surface area (Å²) in [7, 11) is 0. The van der Waals surface area contributed by atoms with E-state index < -0.39 is 0 Å². The van der Waals surface area contributed by atoms with Crippen molar-refractivity contribution in [1.82, 2.24) is 5.32 Å². The lowest BCUT2D eigenvalue weighted by Gasteiger charge is -2.12. The van der Waals surface area contributed by atoms with Crippen LogP contribution in [-0.2, 0) is 6.54 Å². The molecule has 0 spiro atoms. The van der Waals surface area contributed by atoms with Crippen molar-refractivity contribution >= 4 is 0 Å². The van der Waals surface area contributed by atoms with E-state index in [0.717, 1.165) is 18.8 Å². The topological polar surface area (TPSA) is 21.3 Å². The third-order valence-corrected chi connectivity index (χ3v) is 3.28. The zero-order valence-electron chi connectivity index (χ0n) is 11.1. The zero-order chi connectivity index (χ0) is 12.3. The lowest BCUT2D eigenvalue weighted by molar-refractivity contribution is 0.242. The van der Waals surface area contributed by atoms with Crippen molar-refractivity contribution in [3.8, 4) is 5.75 Å². The van der Waals surface area contributed by atoms with Crippen LogP contribution in [0.25, 0.3) is 0 Å². The average molecular weight is 233 g/mol. The summed E-state index contributed by atoms with van der Waals surface area (Å²) in [5, 5.41) is 3.52. The molecule has 2 nitrogen and oxygen atoms in total. The van der Waals surface area contributed by atoms with Crippen molar-refractivity contribution in [2.24, 2.45) is 5.41 Å². The minimum Gasteiger partial charge on any atom is -0.491 e. The first kappa shape index (κ1) is 12.4. The first-order valence-electron chi connectivity index (χ1n) is 6.54. The Bertz CT molecular complexity index is 352. The third kappa shape index (κ3) is 4.04. The normalized spacial score (nSPS) is 17.2. The molecule has 1 saturated carbocycles. The van der Waals surface area contributed by atoms with E-state index in [1.165, 1.54) is 18.4 Å². The molecule has 0 radical (unpaired) electrons. The number of ether oxygens (including phenoxy) is 1. The molecule has 0 bridgehead atoms. The van der Waals surface area contributed by atoms with Crippen LogP contribution in [0.5, 0.6) is 5.75 Å². The predicted molar refractivity (Wildman–Crippen MR) is 71.3 cm³/mol. The summed E-state index contributed by atoms with van der Waals surface area (Å²) in [5.41, 5.74) is 1.91. The molecule has 0 saturated heterocycles. The summed E-state index contributed by atoms with van der Waals surface area (Å²) >= 11 is 0. The molecular formula is C15H23NO. The highest BCUT2D eigenvalue weighted by molar-refractivity contribution is 5.27. The van der Waals surface area contributed by atoms with Crippen molar-refractivity contribution in [1.29, 1.82) is 0 Å². The number of nitrogens with one attached hydrogen (secondary N) is 1. The van der Waals surface area contributed by atoms with Crippen molar-refractivity contribution < 1.29 is 4.74 Å². The molecule has 0 amide bonds. The molecule has 0 heterocycles. The maximum atomic E-state index is 5.62. The Morgan fingerprint density at radius 2 is 1.88 bits per heavy atom. The van der Waals surface area contributed by atoms with Gasteiger partial charge in [-0.25, -0.2) is 0 Å². The van der Waals surface area contributed by atoms with Crippen molar-refractivity contribution in [3.05, 3.63) is 29.8 Å². The second-order valence-electron chi connectivity index (χ2n) is 5.72. The SMILES string of the molecule is CC(C)Oc1ccc(CNCC2(C)CC2)cc1. The van der Waals surface area contributed by atoms with Gasteiger partial charge in [0.05, 0.1) is 6.10 Å². The van der Waals surface area contributed by atoms with Gasteiger partial charge in [0, 0.05) is 13.1 Å². The Balaban J connectivity index is 1.77. The molecular weight excluding hydrogens is 210 g/mol. The lowest BCUT2D eigenvalue weighted by Crippen LogP contribution is -2.21. The van der Waals surface area contributed by atoms with Crippen LogP contribution in [0, 0.1) is 5.41 Å². The fourth-order valence-corrected chi connectivity index (χ4v) is 1.86. The zero-order valence-corrected chi connectivity index (χ0v) is 11.1. The molecule has 0 aliphatic heterocycles. The van der Waals surface area contributed by atoms with Gasteiger partial charge in [0.2, 0.25) is 0 Å². The second-order valence-corrected chi connectivity index (χ2v) is 5.72. The van der Waals surface area contributed by atoms with E-state index >= 15 is 0 Å². The Hall–Kier alpha value is -1.02. The summed E-state index contributed by atoms with van der Waals surface area (Å²) < 4.78 is 5.62. The third-order valence-electron chi connectivity index (χ3n) is 3.28. The van der Waals surface area contributed by atoms with E-state index in [-0.39, 0.29) is 6.10 Å². The van der Waals surface area contributed by atoms with Crippen LogP contribution in [-0.4, -0.2) is 12.6 Å². The van der Waals surface area contributed by atoms with Gasteiger partial charge in [-0.3, -0.25) is 0 Å². The molecule has 0 unspecified atom stereocenters. The molecule has 1 fully saturated rings. The highest BCUT2D eigenvalue weighted by Gasteiger charge is 2.36. The highest BCUT2D eigenvalue weighted by Crippen LogP contribution is 2.44. The van der Waals surface area contributed by atoms with E-state index in [1.807, 2.05) is 13.8 Å². The Morgan fingerprint density at radius 3 is 2.41 bits per heavy atom. The first-order valence-corrected chi connectivity index (χ1v) is 6.54. The molecule has 1 N–H and O–H groups in total. The summed E-state index contributed by atoms with van der Waals surface area (Å²) in [5.74, 6) is 0.956. The molecule has 2 rings (SSSR count). The Labute approximate surface area is 104 Å². The number of benzene rings is 1. The fraction of sp³-hybridized carbons (Fsp3) is 0.600. The maximum absolute atomic E-state index is 5.62. The van der Waals surface area contributed by atoms with Crippen LogP contribution < -0.4 is 10.1 Å². The minimum absolute atomic E-state index is 0.244. The van der Waals surface area contributed by atoms with Crippen LogP contribution in [0.3, 0.4) is 0 Å². The van der Waals surface area contributed by atoms with Crippen LogP contribution in [0.2, 0.25) is 0 Å². The fourth-order valence-electron chi connectivity index (χ4n) is 1.86. The molecule has 1 aliphatic carbocycles. The van der Waals surface area contributed by atoms with Gasteiger partial charge in [0.15, 0.2) is 0 Å². The molecule has 2 heteroatoms. The van der Waals surface area contributed by atoms with Crippen molar-refractivity contribution in [2.45, 2.75) is 46.3 Å². The van der Waals surface area contributed by atoms with Crippen LogP contribution in [0.15, 0.2) is 24.3 Å². The van der Waals surface area contributed by atoms with Crippen LogP contribution in [0.4, 0.5) is 0 Å². The number of rotatable bonds is 6. The molecule has 17 heavy (non-hydrogen) atoms. The second kappa shape index (κ2) is 5.09. The van der Waals surface area contributed by atoms with E-state index in [1.54, 1.807) is 0 Å². The molecule has 1 aromatic rings. The summed E-state index contributed by atoms with van der Waals surface area (Å²) in [4.78, 5) is 0. The summed E-state index contributed by atoms with van der Waals surface area (Å²) in [6.45, 7) is 8.53. The van der Waals surface area contributed by atoms with Gasteiger partial charge in [-0.1, -0.05) is 19.1 Å². The van der Waals surface area contributed by atoms with E-state index in [4.69, 9.17) is 4.74 Å². The molecule has 1 aliphatic rings. The number of hydrogen-bond acceptors (Lipinski definition) is 2. The van der Waals surface area contributed by atoms with Gasteiger partial charge in [-0.15, -0.1) is 0 Å². The maximum Gasteiger partial charge on any atom is 0.119 e. The average Bonchev–Trinajstić information content (AvgIpc) is 2.99. The van der Waals surface area contributed by atoms with Gasteiger partial charge < -0.3 is 10.1 Å². The van der Waals surface area contributed by atoms with Gasteiger partial charge in [0.1, 0.15) is 5.75 Å². The molecule has 94 valence electrons. The number of hydrogen-bond donors (Lipinski definition) is 1. The largest absolute Gasteiger partial charge is 0.491 e. The summed E-state index contributed by atoms with van der Waals surface area (Å²) in [6, 6.07) is 8.38. The monoisotopic (exact) mass is 233 g/mol. The van der Waals surface area contributed by atoms with Crippen molar-refractivity contribution in [2.75, 3.05) is 6.54 Å².